The molecule has 0 fully saturated rings. The Bertz CT molecular complexity index is 452. The highest BCUT2D eigenvalue weighted by Crippen LogP contribution is 2.25. The van der Waals surface area contributed by atoms with Crippen molar-refractivity contribution in [2.45, 2.75) is 32.7 Å². The highest BCUT2D eigenvalue weighted by Gasteiger charge is 2.17. The fourth-order valence-corrected chi connectivity index (χ4v) is 1.88. The highest BCUT2D eigenvalue weighted by atomic mass is 15.3. The largest absolute Gasteiger partial charge is 0.249 e. The van der Waals surface area contributed by atoms with E-state index < -0.39 is 0 Å². The van der Waals surface area contributed by atoms with E-state index in [1.54, 1.807) is 12.7 Å². The molecule has 0 radical (unpaired) electrons. The van der Waals surface area contributed by atoms with E-state index in [1.807, 2.05) is 4.68 Å². The molecule has 0 unspecified atom stereocenters. The lowest BCUT2D eigenvalue weighted by molar-refractivity contribution is 0.571. The summed E-state index contributed by atoms with van der Waals surface area (Å²) in [5.74, 6) is 0. The van der Waals surface area contributed by atoms with E-state index in [-0.39, 0.29) is 5.41 Å². The number of aromatic nitrogens is 3. The second kappa shape index (κ2) is 4.08. The predicted molar refractivity (Wildman–Crippen MR) is 64.3 cm³/mol. The molecule has 0 amide bonds. The van der Waals surface area contributed by atoms with Crippen LogP contribution >= 0.6 is 0 Å². The lowest BCUT2D eigenvalue weighted by Crippen LogP contribution is -2.15. The molecule has 2 aromatic rings. The van der Waals surface area contributed by atoms with Gasteiger partial charge in [0.05, 0.1) is 6.54 Å². The van der Waals surface area contributed by atoms with Crippen molar-refractivity contribution in [3.8, 4) is 0 Å². The molecule has 0 aliphatic carbocycles. The number of rotatable bonds is 2. The maximum atomic E-state index is 4.14. The Morgan fingerprint density at radius 1 is 1.19 bits per heavy atom. The summed E-state index contributed by atoms with van der Waals surface area (Å²) < 4.78 is 1.85. The van der Waals surface area contributed by atoms with E-state index >= 15 is 0 Å². The topological polar surface area (TPSA) is 30.7 Å². The minimum Gasteiger partial charge on any atom is -0.249 e. The van der Waals surface area contributed by atoms with Crippen LogP contribution < -0.4 is 0 Å². The van der Waals surface area contributed by atoms with Gasteiger partial charge in [0.2, 0.25) is 0 Å². The third-order valence-corrected chi connectivity index (χ3v) is 2.62. The van der Waals surface area contributed by atoms with E-state index in [0.717, 1.165) is 6.54 Å². The molecule has 16 heavy (non-hydrogen) atoms. The summed E-state index contributed by atoms with van der Waals surface area (Å²) in [6.45, 7) is 7.47. The molecule has 0 atom stereocenters. The fourth-order valence-electron chi connectivity index (χ4n) is 1.88. The van der Waals surface area contributed by atoms with Crippen LogP contribution in [0.2, 0.25) is 0 Å². The van der Waals surface area contributed by atoms with Gasteiger partial charge in [-0.3, -0.25) is 0 Å². The van der Waals surface area contributed by atoms with Gasteiger partial charge in [0.1, 0.15) is 12.7 Å². The summed E-state index contributed by atoms with van der Waals surface area (Å²) in [6.07, 6.45) is 3.32. The van der Waals surface area contributed by atoms with Crippen LogP contribution in [0.3, 0.4) is 0 Å². The first-order valence-electron chi connectivity index (χ1n) is 5.48. The lowest BCUT2D eigenvalue weighted by Gasteiger charge is -2.22. The molecule has 3 heteroatoms. The molecule has 0 aliphatic rings. The van der Waals surface area contributed by atoms with Crippen molar-refractivity contribution < 1.29 is 0 Å². The van der Waals surface area contributed by atoms with Gasteiger partial charge in [-0.2, -0.15) is 5.10 Å². The number of benzene rings is 1. The van der Waals surface area contributed by atoms with Crippen molar-refractivity contribution in [1.29, 1.82) is 0 Å². The smallest absolute Gasteiger partial charge is 0.137 e. The van der Waals surface area contributed by atoms with Crippen LogP contribution in [0.5, 0.6) is 0 Å². The van der Waals surface area contributed by atoms with E-state index in [4.69, 9.17) is 0 Å². The van der Waals surface area contributed by atoms with E-state index in [2.05, 4.69) is 55.1 Å². The summed E-state index contributed by atoms with van der Waals surface area (Å²) in [5, 5.41) is 4.14. The second-order valence-corrected chi connectivity index (χ2v) is 5.00. The minimum absolute atomic E-state index is 0.164. The first-order valence-corrected chi connectivity index (χ1v) is 5.48. The highest BCUT2D eigenvalue weighted by molar-refractivity contribution is 5.32. The van der Waals surface area contributed by atoms with E-state index in [9.17, 15) is 0 Å². The molecule has 3 nitrogen and oxygen atoms in total. The second-order valence-electron chi connectivity index (χ2n) is 5.00. The Morgan fingerprint density at radius 2 is 1.94 bits per heavy atom. The van der Waals surface area contributed by atoms with Crippen LogP contribution in [0, 0.1) is 0 Å². The average Bonchev–Trinajstić information content (AvgIpc) is 2.70. The molecule has 2 rings (SSSR count). The molecule has 0 spiro atoms. The number of nitrogens with zero attached hydrogens (tertiary/aromatic N) is 3. The van der Waals surface area contributed by atoms with Crippen molar-refractivity contribution in [2.75, 3.05) is 0 Å². The quantitative estimate of drug-likeness (QED) is 0.771. The van der Waals surface area contributed by atoms with Crippen LogP contribution in [0.25, 0.3) is 0 Å². The summed E-state index contributed by atoms with van der Waals surface area (Å²) in [6, 6.07) is 8.50. The van der Waals surface area contributed by atoms with Gasteiger partial charge < -0.3 is 0 Å². The van der Waals surface area contributed by atoms with Crippen molar-refractivity contribution in [1.82, 2.24) is 14.8 Å². The minimum atomic E-state index is 0.164. The lowest BCUT2D eigenvalue weighted by atomic mass is 9.84. The van der Waals surface area contributed by atoms with Crippen LogP contribution in [-0.2, 0) is 12.0 Å². The average molecular weight is 215 g/mol. The van der Waals surface area contributed by atoms with Crippen molar-refractivity contribution >= 4 is 0 Å². The fraction of sp³-hybridized carbons (Fsp3) is 0.385. The monoisotopic (exact) mass is 215 g/mol. The molecule has 0 bridgehead atoms. The molecular weight excluding hydrogens is 198 g/mol. The zero-order valence-corrected chi connectivity index (χ0v) is 10.0. The Kier molecular flexibility index (Phi) is 2.77. The van der Waals surface area contributed by atoms with Crippen LogP contribution in [-0.4, -0.2) is 14.8 Å². The van der Waals surface area contributed by atoms with E-state index in [1.165, 1.54) is 11.1 Å². The Hall–Kier alpha value is -1.64. The summed E-state index contributed by atoms with van der Waals surface area (Å²) >= 11 is 0. The molecule has 1 aromatic carbocycles. The molecule has 0 aliphatic heterocycles. The summed E-state index contributed by atoms with van der Waals surface area (Å²) in [7, 11) is 0. The third-order valence-electron chi connectivity index (χ3n) is 2.62. The van der Waals surface area contributed by atoms with E-state index in [0.29, 0.717) is 0 Å². The SMILES string of the molecule is CC(C)(C)c1ccccc1Cn1cncn1. The molecule has 1 aromatic heterocycles. The van der Waals surface area contributed by atoms with Gasteiger partial charge in [0.15, 0.2) is 0 Å². The van der Waals surface area contributed by atoms with Crippen molar-refractivity contribution in [2.24, 2.45) is 0 Å². The van der Waals surface area contributed by atoms with Gasteiger partial charge in [-0.25, -0.2) is 9.67 Å². The maximum absolute atomic E-state index is 4.14. The Morgan fingerprint density at radius 3 is 2.56 bits per heavy atom. The van der Waals surface area contributed by atoms with Gasteiger partial charge in [-0.1, -0.05) is 45.0 Å². The van der Waals surface area contributed by atoms with Gasteiger partial charge >= 0.3 is 0 Å². The van der Waals surface area contributed by atoms with Crippen molar-refractivity contribution in [3.63, 3.8) is 0 Å². The molecule has 0 saturated heterocycles. The van der Waals surface area contributed by atoms with Crippen LogP contribution in [0.1, 0.15) is 31.9 Å². The standard InChI is InChI=1S/C13H17N3/c1-13(2,3)12-7-5-4-6-11(12)8-16-10-14-9-15-16/h4-7,9-10H,8H2,1-3H3. The first kappa shape index (κ1) is 10.9. The van der Waals surface area contributed by atoms with Gasteiger partial charge in [0, 0.05) is 0 Å². The molecular formula is C13H17N3. The van der Waals surface area contributed by atoms with Gasteiger partial charge in [-0.15, -0.1) is 0 Å². The maximum Gasteiger partial charge on any atom is 0.137 e. The first-order chi connectivity index (χ1) is 7.57. The summed E-state index contributed by atoms with van der Waals surface area (Å²) in [5.41, 5.74) is 2.84. The van der Waals surface area contributed by atoms with Gasteiger partial charge in [-0.05, 0) is 16.5 Å². The Balaban J connectivity index is 2.34. The molecule has 1 heterocycles. The van der Waals surface area contributed by atoms with Crippen LogP contribution in [0.15, 0.2) is 36.9 Å². The molecule has 0 saturated carbocycles. The third kappa shape index (κ3) is 2.30. The van der Waals surface area contributed by atoms with Gasteiger partial charge in [0.25, 0.3) is 0 Å². The Labute approximate surface area is 96.1 Å². The molecule has 84 valence electrons. The van der Waals surface area contributed by atoms with Crippen molar-refractivity contribution in [3.05, 3.63) is 48.0 Å². The zero-order valence-electron chi connectivity index (χ0n) is 10.0. The number of hydrogen-bond donors (Lipinski definition) is 0. The summed E-state index contributed by atoms with van der Waals surface area (Å²) in [4.78, 5) is 3.96. The normalized spacial score (nSPS) is 11.7. The zero-order chi connectivity index (χ0) is 11.6. The molecule has 0 N–H and O–H groups in total. The number of hydrogen-bond acceptors (Lipinski definition) is 2. The predicted octanol–water partition coefficient (Wildman–Crippen LogP) is 2.62. The van der Waals surface area contributed by atoms with Crippen LogP contribution in [0.4, 0.5) is 0 Å².